The molecule has 2 aromatic rings. The summed E-state index contributed by atoms with van der Waals surface area (Å²) in [5, 5.41) is -0.191. The summed E-state index contributed by atoms with van der Waals surface area (Å²) in [4.78, 5) is 0. The SMILES string of the molecule is Fc1ccc(C(Cl)c2c(Cl)cccc2Cl)c(F)c1. The Morgan fingerprint density at radius 2 is 1.56 bits per heavy atom. The van der Waals surface area contributed by atoms with E-state index in [0.29, 0.717) is 15.6 Å². The van der Waals surface area contributed by atoms with Crippen LogP contribution in [0.5, 0.6) is 0 Å². The molecule has 94 valence electrons. The van der Waals surface area contributed by atoms with Crippen molar-refractivity contribution in [1.29, 1.82) is 0 Å². The normalized spacial score (nSPS) is 12.5. The Kier molecular flexibility index (Phi) is 4.10. The van der Waals surface area contributed by atoms with E-state index in [1.54, 1.807) is 18.2 Å². The van der Waals surface area contributed by atoms with E-state index < -0.39 is 17.0 Å². The molecule has 0 saturated carbocycles. The van der Waals surface area contributed by atoms with Gasteiger partial charge in [0.1, 0.15) is 11.6 Å². The number of alkyl halides is 1. The van der Waals surface area contributed by atoms with E-state index in [2.05, 4.69) is 0 Å². The van der Waals surface area contributed by atoms with E-state index in [9.17, 15) is 8.78 Å². The largest absolute Gasteiger partial charge is 0.207 e. The van der Waals surface area contributed by atoms with Crippen molar-refractivity contribution in [2.75, 3.05) is 0 Å². The molecule has 2 aromatic carbocycles. The fraction of sp³-hybridized carbons (Fsp3) is 0.0769. The molecule has 0 aliphatic heterocycles. The zero-order valence-corrected chi connectivity index (χ0v) is 11.2. The quantitative estimate of drug-likeness (QED) is 0.633. The van der Waals surface area contributed by atoms with Gasteiger partial charge < -0.3 is 0 Å². The van der Waals surface area contributed by atoms with E-state index in [-0.39, 0.29) is 5.56 Å². The minimum atomic E-state index is -0.869. The van der Waals surface area contributed by atoms with Crippen molar-refractivity contribution in [2.45, 2.75) is 5.38 Å². The summed E-state index contributed by atoms with van der Waals surface area (Å²) in [6, 6.07) is 8.08. The Balaban J connectivity index is 2.51. The average molecular weight is 308 g/mol. The molecule has 0 bridgehead atoms. The zero-order chi connectivity index (χ0) is 13.3. The van der Waals surface area contributed by atoms with E-state index >= 15 is 0 Å². The third-order valence-corrected chi connectivity index (χ3v) is 3.60. The van der Waals surface area contributed by atoms with Gasteiger partial charge in [0.05, 0.1) is 5.38 Å². The van der Waals surface area contributed by atoms with E-state index in [4.69, 9.17) is 34.8 Å². The van der Waals surface area contributed by atoms with Crippen molar-refractivity contribution in [3.63, 3.8) is 0 Å². The van der Waals surface area contributed by atoms with Crippen LogP contribution in [-0.2, 0) is 0 Å². The first-order valence-electron chi connectivity index (χ1n) is 5.03. The molecule has 1 unspecified atom stereocenters. The molecule has 1 atom stereocenters. The lowest BCUT2D eigenvalue weighted by atomic mass is 10.0. The molecule has 0 aliphatic carbocycles. The van der Waals surface area contributed by atoms with E-state index in [1.165, 1.54) is 6.07 Å². The standard InChI is InChI=1S/C13H7Cl3F2/c14-9-2-1-3-10(15)12(9)13(16)8-5-4-7(17)6-11(8)18/h1-6,13H. The summed E-state index contributed by atoms with van der Waals surface area (Å²) in [7, 11) is 0. The number of benzene rings is 2. The number of hydrogen-bond donors (Lipinski definition) is 0. The van der Waals surface area contributed by atoms with Gasteiger partial charge in [-0.3, -0.25) is 0 Å². The first-order chi connectivity index (χ1) is 8.50. The lowest BCUT2D eigenvalue weighted by Gasteiger charge is -2.14. The van der Waals surface area contributed by atoms with Gasteiger partial charge in [-0.2, -0.15) is 0 Å². The van der Waals surface area contributed by atoms with Crippen molar-refractivity contribution >= 4 is 34.8 Å². The Bertz CT molecular complexity index is 564. The average Bonchev–Trinajstić information content (AvgIpc) is 2.28. The highest BCUT2D eigenvalue weighted by atomic mass is 35.5. The van der Waals surface area contributed by atoms with Gasteiger partial charge in [-0.15, -0.1) is 11.6 Å². The predicted octanol–water partition coefficient (Wildman–Crippen LogP) is 5.60. The molecule has 0 radical (unpaired) electrons. The molecule has 0 spiro atoms. The lowest BCUT2D eigenvalue weighted by molar-refractivity contribution is 0.573. The van der Waals surface area contributed by atoms with Gasteiger partial charge in [-0.1, -0.05) is 35.3 Å². The van der Waals surface area contributed by atoms with Crippen molar-refractivity contribution < 1.29 is 8.78 Å². The van der Waals surface area contributed by atoms with Crippen LogP contribution >= 0.6 is 34.8 Å². The highest BCUT2D eigenvalue weighted by molar-refractivity contribution is 6.38. The summed E-state index contributed by atoms with van der Waals surface area (Å²) in [5.41, 5.74) is 0.543. The Labute approximate surface area is 118 Å². The third kappa shape index (κ3) is 2.61. The molecule has 0 fully saturated rings. The van der Waals surface area contributed by atoms with Crippen LogP contribution in [0.3, 0.4) is 0 Å². The first-order valence-corrected chi connectivity index (χ1v) is 6.23. The van der Waals surface area contributed by atoms with Crippen LogP contribution in [0, 0.1) is 11.6 Å². The second-order valence-corrected chi connectivity index (χ2v) is 4.91. The molecule has 2 rings (SSSR count). The fourth-order valence-electron chi connectivity index (χ4n) is 1.62. The monoisotopic (exact) mass is 306 g/mol. The second-order valence-electron chi connectivity index (χ2n) is 3.66. The van der Waals surface area contributed by atoms with Gasteiger partial charge in [0.15, 0.2) is 0 Å². The van der Waals surface area contributed by atoms with Gasteiger partial charge in [0, 0.05) is 27.2 Å². The maximum Gasteiger partial charge on any atom is 0.131 e. The number of rotatable bonds is 2. The maximum absolute atomic E-state index is 13.6. The summed E-state index contributed by atoms with van der Waals surface area (Å²) in [5.74, 6) is -1.39. The minimum absolute atomic E-state index is 0.132. The Morgan fingerprint density at radius 3 is 2.11 bits per heavy atom. The minimum Gasteiger partial charge on any atom is -0.207 e. The zero-order valence-electron chi connectivity index (χ0n) is 8.93. The molecule has 5 heteroatoms. The van der Waals surface area contributed by atoms with Crippen molar-refractivity contribution in [1.82, 2.24) is 0 Å². The summed E-state index contributed by atoms with van der Waals surface area (Å²) in [6.07, 6.45) is 0. The second kappa shape index (κ2) is 5.43. The van der Waals surface area contributed by atoms with Crippen LogP contribution in [-0.4, -0.2) is 0 Å². The van der Waals surface area contributed by atoms with Crippen LogP contribution in [0.1, 0.15) is 16.5 Å². The molecular weight excluding hydrogens is 300 g/mol. The molecule has 0 aliphatic rings. The molecule has 18 heavy (non-hydrogen) atoms. The van der Waals surface area contributed by atoms with Gasteiger partial charge >= 0.3 is 0 Å². The van der Waals surface area contributed by atoms with E-state index in [1.807, 2.05) is 0 Å². The smallest absolute Gasteiger partial charge is 0.131 e. The Morgan fingerprint density at radius 1 is 0.944 bits per heavy atom. The molecule has 0 N–H and O–H groups in total. The lowest BCUT2D eigenvalue weighted by Crippen LogP contribution is -1.99. The molecule has 0 amide bonds. The summed E-state index contributed by atoms with van der Waals surface area (Å²) < 4.78 is 26.5. The van der Waals surface area contributed by atoms with Crippen LogP contribution in [0.25, 0.3) is 0 Å². The molecule has 0 saturated heterocycles. The highest BCUT2D eigenvalue weighted by Gasteiger charge is 2.20. The van der Waals surface area contributed by atoms with Crippen molar-refractivity contribution in [3.05, 3.63) is 69.2 Å². The van der Waals surface area contributed by atoms with Crippen molar-refractivity contribution in [3.8, 4) is 0 Å². The topological polar surface area (TPSA) is 0 Å². The Hall–Kier alpha value is -0.830. The van der Waals surface area contributed by atoms with Gasteiger partial charge in [0.25, 0.3) is 0 Å². The maximum atomic E-state index is 13.6. The molecule has 0 heterocycles. The van der Waals surface area contributed by atoms with E-state index in [0.717, 1.165) is 12.1 Å². The summed E-state index contributed by atoms with van der Waals surface area (Å²) >= 11 is 18.2. The van der Waals surface area contributed by atoms with Crippen molar-refractivity contribution in [2.24, 2.45) is 0 Å². The van der Waals surface area contributed by atoms with Gasteiger partial charge in [-0.05, 0) is 18.2 Å². The molecule has 0 nitrogen and oxygen atoms in total. The van der Waals surface area contributed by atoms with Gasteiger partial charge in [0.2, 0.25) is 0 Å². The number of hydrogen-bond acceptors (Lipinski definition) is 0. The van der Waals surface area contributed by atoms with Crippen LogP contribution in [0.4, 0.5) is 8.78 Å². The predicted molar refractivity (Wildman–Crippen MR) is 70.5 cm³/mol. The van der Waals surface area contributed by atoms with Crippen LogP contribution in [0.2, 0.25) is 10.0 Å². The first kappa shape index (κ1) is 13.6. The summed E-state index contributed by atoms with van der Waals surface area (Å²) in [6.45, 7) is 0. The van der Waals surface area contributed by atoms with Crippen LogP contribution in [0.15, 0.2) is 36.4 Å². The number of halogens is 5. The van der Waals surface area contributed by atoms with Crippen LogP contribution < -0.4 is 0 Å². The third-order valence-electron chi connectivity index (χ3n) is 2.49. The fourth-order valence-corrected chi connectivity index (χ4v) is 2.75. The highest BCUT2D eigenvalue weighted by Crippen LogP contribution is 2.39. The molecular formula is C13H7Cl3F2. The van der Waals surface area contributed by atoms with Gasteiger partial charge in [-0.25, -0.2) is 8.78 Å². The molecule has 0 aromatic heterocycles.